The number of anilines is 2. The van der Waals surface area contributed by atoms with Crippen LogP contribution in [-0.4, -0.2) is 58.8 Å². The summed E-state index contributed by atoms with van der Waals surface area (Å²) in [5, 5.41) is 10.1. The van der Waals surface area contributed by atoms with E-state index in [9.17, 15) is 18.0 Å². The molecule has 1 aliphatic heterocycles. The summed E-state index contributed by atoms with van der Waals surface area (Å²) in [6, 6.07) is 7.20. The molecule has 38 heavy (non-hydrogen) atoms. The van der Waals surface area contributed by atoms with Gasteiger partial charge < -0.3 is 20.3 Å². The van der Waals surface area contributed by atoms with E-state index in [2.05, 4.69) is 30.6 Å². The third-order valence-electron chi connectivity index (χ3n) is 6.36. The average Bonchev–Trinajstić information content (AvgIpc) is 3.38. The van der Waals surface area contributed by atoms with Crippen molar-refractivity contribution in [2.24, 2.45) is 0 Å². The number of alkyl halides is 3. The van der Waals surface area contributed by atoms with Gasteiger partial charge in [-0.15, -0.1) is 0 Å². The minimum Gasteiger partial charge on any atom is -0.378 e. The fourth-order valence-electron chi connectivity index (χ4n) is 4.46. The minimum atomic E-state index is -4.59. The maximum absolute atomic E-state index is 13.6. The van der Waals surface area contributed by atoms with E-state index in [1.807, 2.05) is 13.0 Å². The number of carbonyl (C=O) groups is 1. The second-order valence-electron chi connectivity index (χ2n) is 8.92. The molecule has 0 aliphatic carbocycles. The second kappa shape index (κ2) is 10.4. The number of hydrogen-bond donors (Lipinski definition) is 2. The lowest BCUT2D eigenvalue weighted by molar-refractivity contribution is -0.138. The monoisotopic (exact) mass is 525 g/mol. The van der Waals surface area contributed by atoms with Crippen molar-refractivity contribution in [2.75, 3.05) is 43.6 Å². The summed E-state index contributed by atoms with van der Waals surface area (Å²) in [5.74, 6) is -0.671. The second-order valence-corrected chi connectivity index (χ2v) is 8.92. The Labute approximate surface area is 216 Å². The van der Waals surface area contributed by atoms with Gasteiger partial charge in [0, 0.05) is 48.8 Å². The molecule has 12 heteroatoms. The van der Waals surface area contributed by atoms with Gasteiger partial charge in [0.1, 0.15) is 0 Å². The highest BCUT2D eigenvalue weighted by Crippen LogP contribution is 2.33. The molecule has 1 aromatic carbocycles. The summed E-state index contributed by atoms with van der Waals surface area (Å²) < 4.78 is 47.9. The van der Waals surface area contributed by atoms with Crippen molar-refractivity contribution in [1.29, 1.82) is 0 Å². The van der Waals surface area contributed by atoms with Crippen molar-refractivity contribution in [3.8, 4) is 11.3 Å². The topological polar surface area (TPSA) is 96.7 Å². The van der Waals surface area contributed by atoms with Gasteiger partial charge in [0.25, 0.3) is 5.91 Å². The van der Waals surface area contributed by atoms with Gasteiger partial charge in [0.15, 0.2) is 5.65 Å². The lowest BCUT2D eigenvalue weighted by Crippen LogP contribution is -2.36. The quantitative estimate of drug-likeness (QED) is 0.394. The van der Waals surface area contributed by atoms with Crippen molar-refractivity contribution in [1.82, 2.24) is 24.9 Å². The van der Waals surface area contributed by atoms with Gasteiger partial charge in [-0.25, -0.2) is 9.50 Å². The first-order valence-electron chi connectivity index (χ1n) is 12.0. The Morgan fingerprint density at radius 3 is 2.66 bits per heavy atom. The Kier molecular flexibility index (Phi) is 7.00. The molecule has 0 bridgehead atoms. The van der Waals surface area contributed by atoms with Crippen LogP contribution < -0.4 is 15.5 Å². The van der Waals surface area contributed by atoms with Crippen molar-refractivity contribution in [2.45, 2.75) is 19.6 Å². The van der Waals surface area contributed by atoms with Crippen LogP contribution in [0.1, 0.15) is 27.2 Å². The molecule has 4 heterocycles. The van der Waals surface area contributed by atoms with Gasteiger partial charge in [-0.2, -0.15) is 18.3 Å². The molecule has 0 atom stereocenters. The van der Waals surface area contributed by atoms with Crippen LogP contribution in [0, 0.1) is 6.92 Å². The lowest BCUT2D eigenvalue weighted by atomic mass is 10.0. The lowest BCUT2D eigenvalue weighted by Gasteiger charge is -2.29. The molecule has 1 saturated heterocycles. The zero-order valence-corrected chi connectivity index (χ0v) is 20.8. The van der Waals surface area contributed by atoms with E-state index in [-0.39, 0.29) is 17.7 Å². The van der Waals surface area contributed by atoms with Gasteiger partial charge in [-0.3, -0.25) is 9.78 Å². The predicted octanol–water partition coefficient (Wildman–Crippen LogP) is 3.93. The SMILES string of the molecule is CNCc1ccc(C(=O)Nc2cnc(C)c(-c3cc(N4CCOCC4)c4nccn4n3)c2)cc1C(F)(F)F. The van der Waals surface area contributed by atoms with Crippen molar-refractivity contribution < 1.29 is 22.7 Å². The number of nitrogens with zero attached hydrogens (tertiary/aromatic N) is 5. The number of carbonyl (C=O) groups excluding carboxylic acids is 1. The first-order chi connectivity index (χ1) is 18.2. The zero-order valence-electron chi connectivity index (χ0n) is 20.8. The number of nitrogens with one attached hydrogen (secondary N) is 2. The Morgan fingerprint density at radius 1 is 1.13 bits per heavy atom. The van der Waals surface area contributed by atoms with Crippen LogP contribution in [0.15, 0.2) is 48.9 Å². The Hall–Kier alpha value is -4.03. The number of aryl methyl sites for hydroxylation is 1. The summed E-state index contributed by atoms with van der Waals surface area (Å²) >= 11 is 0. The maximum Gasteiger partial charge on any atom is 0.416 e. The molecule has 198 valence electrons. The molecule has 4 aromatic rings. The van der Waals surface area contributed by atoms with Crippen LogP contribution >= 0.6 is 0 Å². The first kappa shape index (κ1) is 25.6. The van der Waals surface area contributed by atoms with E-state index in [0.717, 1.165) is 11.8 Å². The Morgan fingerprint density at radius 2 is 1.92 bits per heavy atom. The summed E-state index contributed by atoms with van der Waals surface area (Å²) in [6.07, 6.45) is 0.314. The highest BCUT2D eigenvalue weighted by atomic mass is 19.4. The van der Waals surface area contributed by atoms with E-state index >= 15 is 0 Å². The van der Waals surface area contributed by atoms with E-state index in [1.54, 1.807) is 30.0 Å². The number of amides is 1. The molecule has 1 aliphatic rings. The predicted molar refractivity (Wildman–Crippen MR) is 136 cm³/mol. The largest absolute Gasteiger partial charge is 0.416 e. The normalized spacial score (nSPS) is 14.2. The molecule has 1 amide bonds. The highest BCUT2D eigenvalue weighted by molar-refractivity contribution is 6.04. The van der Waals surface area contributed by atoms with Crippen LogP contribution in [0.2, 0.25) is 0 Å². The molecule has 0 unspecified atom stereocenters. The number of fused-ring (bicyclic) bond motifs is 1. The Balaban J connectivity index is 1.47. The molecule has 5 rings (SSSR count). The number of rotatable bonds is 6. The van der Waals surface area contributed by atoms with Crippen molar-refractivity contribution in [3.63, 3.8) is 0 Å². The highest BCUT2D eigenvalue weighted by Gasteiger charge is 2.34. The number of aromatic nitrogens is 4. The van der Waals surface area contributed by atoms with Crippen molar-refractivity contribution >= 4 is 22.9 Å². The standard InChI is InChI=1S/C26H26F3N7O2/c1-16-20(22-13-23(35-7-9-38-10-8-35)24-31-5-6-36(24)34-22)12-19(15-32-16)33-25(37)17-3-4-18(14-30-2)21(11-17)26(27,28)29/h3-6,11-13,15,30H,7-10,14H2,1-2H3,(H,33,37). The van der Waals surface area contributed by atoms with Crippen LogP contribution in [-0.2, 0) is 17.5 Å². The van der Waals surface area contributed by atoms with E-state index in [4.69, 9.17) is 4.74 Å². The van der Waals surface area contributed by atoms with E-state index < -0.39 is 17.6 Å². The molecule has 2 N–H and O–H groups in total. The van der Waals surface area contributed by atoms with Crippen LogP contribution in [0.3, 0.4) is 0 Å². The molecule has 0 radical (unpaired) electrons. The summed E-state index contributed by atoms with van der Waals surface area (Å²) in [4.78, 5) is 24.0. The summed E-state index contributed by atoms with van der Waals surface area (Å²) in [7, 11) is 1.56. The third kappa shape index (κ3) is 5.18. The third-order valence-corrected chi connectivity index (χ3v) is 6.36. The number of imidazole rings is 1. The maximum atomic E-state index is 13.6. The first-order valence-corrected chi connectivity index (χ1v) is 12.0. The van der Waals surface area contributed by atoms with Gasteiger partial charge >= 0.3 is 6.18 Å². The number of pyridine rings is 1. The van der Waals surface area contributed by atoms with Gasteiger partial charge in [0.2, 0.25) is 0 Å². The zero-order chi connectivity index (χ0) is 26.9. The molecule has 0 spiro atoms. The smallest absolute Gasteiger partial charge is 0.378 e. The fraction of sp³-hybridized carbons (Fsp3) is 0.308. The fourth-order valence-corrected chi connectivity index (χ4v) is 4.46. The minimum absolute atomic E-state index is 0.0304. The van der Waals surface area contributed by atoms with Gasteiger partial charge in [-0.05, 0) is 43.8 Å². The average molecular weight is 526 g/mol. The molecule has 1 fully saturated rings. The number of halogens is 3. The van der Waals surface area contributed by atoms with Crippen LogP contribution in [0.5, 0.6) is 0 Å². The molecular weight excluding hydrogens is 499 g/mol. The van der Waals surface area contributed by atoms with Crippen molar-refractivity contribution in [3.05, 3.63) is 71.3 Å². The van der Waals surface area contributed by atoms with E-state index in [0.29, 0.717) is 54.6 Å². The molecular formula is C26H26F3N7O2. The Bertz CT molecular complexity index is 1480. The van der Waals surface area contributed by atoms with Crippen LogP contribution in [0.4, 0.5) is 24.5 Å². The molecule has 3 aromatic heterocycles. The molecule has 9 nitrogen and oxygen atoms in total. The molecule has 0 saturated carbocycles. The summed E-state index contributed by atoms with van der Waals surface area (Å²) in [6.45, 7) is 4.50. The van der Waals surface area contributed by atoms with E-state index in [1.165, 1.54) is 18.3 Å². The number of morpholine rings is 1. The van der Waals surface area contributed by atoms with Gasteiger partial charge in [0.05, 0.1) is 42.0 Å². The van der Waals surface area contributed by atoms with Gasteiger partial charge in [-0.1, -0.05) is 6.07 Å². The number of ether oxygens (including phenoxy) is 1. The van der Waals surface area contributed by atoms with Crippen LogP contribution in [0.25, 0.3) is 16.9 Å². The number of benzene rings is 1. The number of hydrogen-bond acceptors (Lipinski definition) is 7. The summed E-state index contributed by atoms with van der Waals surface area (Å²) in [5.41, 5.74) is 3.03.